The monoisotopic (exact) mass is 503 g/mol. The predicted molar refractivity (Wildman–Crippen MR) is 123 cm³/mol. The maximum atomic E-state index is 11.4. The molecule has 0 saturated heterocycles. The van der Waals surface area contributed by atoms with Crippen molar-refractivity contribution in [1.29, 1.82) is 0 Å². The second-order valence-corrected chi connectivity index (χ2v) is 13.2. The number of rotatable bonds is 4. The number of halogens is 1. The Balaban J connectivity index is 1.67. The predicted octanol–water partition coefficient (Wildman–Crippen LogP) is 5.31. The number of nitrogens with zero attached hydrogens (tertiary/aromatic N) is 1. The van der Waals surface area contributed by atoms with Crippen molar-refractivity contribution < 1.29 is 9.84 Å². The van der Waals surface area contributed by atoms with E-state index in [-0.39, 0.29) is 27.1 Å². The number of nitroso groups, excluding NO2 is 1. The molecule has 1 N–H and O–H groups in total. The van der Waals surface area contributed by atoms with Crippen LogP contribution >= 0.6 is 20.7 Å². The van der Waals surface area contributed by atoms with Gasteiger partial charge in [0.15, 0.2) is 0 Å². The van der Waals surface area contributed by atoms with Gasteiger partial charge in [0.1, 0.15) is 0 Å². The van der Waals surface area contributed by atoms with Crippen LogP contribution in [0.15, 0.2) is 5.18 Å². The van der Waals surface area contributed by atoms with Crippen LogP contribution in [0.3, 0.4) is 0 Å². The molecule has 0 aromatic carbocycles. The molecule has 4 rings (SSSR count). The fourth-order valence-electron chi connectivity index (χ4n) is 8.61. The minimum absolute atomic E-state index is 0.0444. The van der Waals surface area contributed by atoms with Crippen LogP contribution in [0.2, 0.25) is 0 Å². The Bertz CT molecular complexity index is 643. The summed E-state index contributed by atoms with van der Waals surface area (Å²) in [5, 5.41) is 14.8. The maximum Gasteiger partial charge on any atom is 0.0922 e. The van der Waals surface area contributed by atoms with Crippen molar-refractivity contribution in [3.05, 3.63) is 4.91 Å². The van der Waals surface area contributed by atoms with E-state index in [1.165, 1.54) is 25.7 Å². The number of fused-ring (bicyclic) bond motifs is 5. The number of alkyl halides is 1. The first-order valence-electron chi connectivity index (χ1n) is 11.2. The van der Waals surface area contributed by atoms with E-state index in [2.05, 4.69) is 30.5 Å². The Morgan fingerprint density at radius 1 is 1.14 bits per heavy atom. The Morgan fingerprint density at radius 3 is 2.54 bits per heavy atom. The molecule has 0 bridgehead atoms. The highest BCUT2D eigenvalue weighted by Gasteiger charge is 2.69. The third kappa shape index (κ3) is 2.63. The highest BCUT2D eigenvalue weighted by atomic mass is 127. The molecule has 0 heterocycles. The zero-order valence-electron chi connectivity index (χ0n) is 18.0. The molecule has 0 radical (unpaired) electrons. The number of hydrogen-bond donors (Lipinski definition) is 1. The Morgan fingerprint density at radius 2 is 1.89 bits per heavy atom. The number of hydrogen-bond acceptors (Lipinski definition) is 4. The molecule has 160 valence electrons. The van der Waals surface area contributed by atoms with Crippen molar-refractivity contribution in [3.63, 3.8) is 0 Å². The van der Waals surface area contributed by atoms with Gasteiger partial charge in [-0.2, -0.15) is 4.91 Å². The first kappa shape index (κ1) is 21.4. The summed E-state index contributed by atoms with van der Waals surface area (Å²) in [6, 6.07) is 0.0444. The summed E-state index contributed by atoms with van der Waals surface area (Å²) < 4.78 is 10.2. The molecule has 4 aliphatic rings. The SMILES string of the molecule is C=I[C@]1([C@H](C)OC)[C@H](O)CC2C3CCC4C[C@@H](N=O)CC[C@]4(C)C3CC[C@@]21C. The second kappa shape index (κ2) is 7.37. The van der Waals surface area contributed by atoms with Gasteiger partial charge in [-0.3, -0.25) is 0 Å². The third-order valence-corrected chi connectivity index (χ3v) is 14.3. The van der Waals surface area contributed by atoms with Crippen LogP contribution in [0.5, 0.6) is 0 Å². The van der Waals surface area contributed by atoms with Gasteiger partial charge in [-0.15, -0.1) is 20.7 Å². The normalized spacial score (nSPS) is 54.3. The summed E-state index contributed by atoms with van der Waals surface area (Å²) in [6.07, 6.45) is 8.80. The van der Waals surface area contributed by atoms with Crippen molar-refractivity contribution in [3.8, 4) is 0 Å². The molecule has 4 unspecified atom stereocenters. The Labute approximate surface area is 180 Å². The molecule has 4 saturated carbocycles. The molecule has 0 spiro atoms. The summed E-state index contributed by atoms with van der Waals surface area (Å²) in [7, 11) is 1.80. The van der Waals surface area contributed by atoms with Crippen LogP contribution in [-0.4, -0.2) is 38.4 Å². The number of aliphatic hydroxyl groups is 1. The summed E-state index contributed by atoms with van der Waals surface area (Å²) in [5.41, 5.74) is 0.497. The first-order valence-corrected chi connectivity index (χ1v) is 13.8. The van der Waals surface area contributed by atoms with Gasteiger partial charge in [0.2, 0.25) is 0 Å². The molecule has 28 heavy (non-hydrogen) atoms. The average molecular weight is 503 g/mol. The van der Waals surface area contributed by atoms with Gasteiger partial charge in [0, 0.05) is 7.11 Å². The van der Waals surface area contributed by atoms with Gasteiger partial charge in [-0.1, -0.05) is 23.5 Å². The van der Waals surface area contributed by atoms with Crippen molar-refractivity contribution in [2.45, 2.75) is 93.8 Å². The number of methoxy groups -OCH3 is 1. The van der Waals surface area contributed by atoms with E-state index < -0.39 is 20.7 Å². The van der Waals surface area contributed by atoms with E-state index in [9.17, 15) is 10.0 Å². The lowest BCUT2D eigenvalue weighted by molar-refractivity contribution is -0.116. The fourth-order valence-corrected chi connectivity index (χ4v) is 11.8. The number of aliphatic hydroxyl groups excluding tert-OH is 1. The number of ether oxygens (including phenoxy) is 1. The van der Waals surface area contributed by atoms with E-state index in [1.807, 2.05) is 0 Å². The fraction of sp³-hybridized carbons (Fsp3) is 0.957. The summed E-state index contributed by atoms with van der Waals surface area (Å²) >= 11 is -0.401. The van der Waals surface area contributed by atoms with Gasteiger partial charge < -0.3 is 9.84 Å². The van der Waals surface area contributed by atoms with Crippen molar-refractivity contribution in [1.82, 2.24) is 0 Å². The second-order valence-electron chi connectivity index (χ2n) is 10.7. The van der Waals surface area contributed by atoms with Crippen LogP contribution in [0.1, 0.15) is 72.1 Å². The van der Waals surface area contributed by atoms with Gasteiger partial charge in [0.25, 0.3) is 0 Å². The van der Waals surface area contributed by atoms with Crippen LogP contribution in [-0.2, 0) is 4.74 Å². The van der Waals surface area contributed by atoms with Crippen LogP contribution < -0.4 is 0 Å². The topological polar surface area (TPSA) is 58.9 Å². The smallest absolute Gasteiger partial charge is 0.0922 e. The summed E-state index contributed by atoms with van der Waals surface area (Å²) in [5.74, 6) is 2.68. The quantitative estimate of drug-likeness (QED) is 0.321. The van der Waals surface area contributed by atoms with Crippen LogP contribution in [0, 0.1) is 39.4 Å². The van der Waals surface area contributed by atoms with E-state index in [4.69, 9.17) is 4.74 Å². The standard InChI is InChI=1S/C23H38INO3/c1-14(28-5)23(24-4)20(26)13-19-17-7-6-15-12-16(25-27)8-10-21(15,2)18(17)9-11-22(19,23)3/h14-20,26H,4,6-13H2,1-3,5H3/t14-,15?,16-,17?,18?,19?,20+,21-,22-,23+/m0/s1. The molecule has 0 aromatic rings. The van der Waals surface area contributed by atoms with E-state index in [1.54, 1.807) is 7.11 Å². The van der Waals surface area contributed by atoms with Crippen molar-refractivity contribution in [2.75, 3.05) is 7.11 Å². The lowest BCUT2D eigenvalue weighted by atomic mass is 9.44. The van der Waals surface area contributed by atoms with E-state index in [0.29, 0.717) is 23.2 Å². The largest absolute Gasteiger partial charge is 0.392 e. The molecule has 0 amide bonds. The first-order chi connectivity index (χ1) is 13.3. The molecule has 0 aliphatic heterocycles. The minimum Gasteiger partial charge on any atom is -0.392 e. The Hall–Kier alpha value is 0.120. The summed E-state index contributed by atoms with van der Waals surface area (Å²) in [6.45, 7) is 7.15. The lowest BCUT2D eigenvalue weighted by Gasteiger charge is -2.62. The molecular weight excluding hydrogens is 465 g/mol. The highest BCUT2D eigenvalue weighted by Crippen LogP contribution is 2.71. The molecule has 0 aromatic heterocycles. The van der Waals surface area contributed by atoms with Gasteiger partial charge >= 0.3 is 0 Å². The minimum atomic E-state index is -0.401. The molecule has 4 nitrogen and oxygen atoms in total. The zero-order chi connectivity index (χ0) is 20.3. The van der Waals surface area contributed by atoms with Crippen LogP contribution in [0.4, 0.5) is 0 Å². The van der Waals surface area contributed by atoms with Gasteiger partial charge in [-0.05, 0) is 92.8 Å². The van der Waals surface area contributed by atoms with Gasteiger partial charge in [0.05, 0.1) is 21.7 Å². The molecule has 5 heteroatoms. The van der Waals surface area contributed by atoms with E-state index >= 15 is 0 Å². The highest BCUT2D eigenvalue weighted by molar-refractivity contribution is 14.2. The van der Waals surface area contributed by atoms with Gasteiger partial charge in [-0.25, -0.2) is 0 Å². The van der Waals surface area contributed by atoms with Crippen LogP contribution in [0.25, 0.3) is 0 Å². The molecule has 10 atom stereocenters. The zero-order valence-corrected chi connectivity index (χ0v) is 20.2. The van der Waals surface area contributed by atoms with E-state index in [0.717, 1.165) is 31.6 Å². The maximum absolute atomic E-state index is 11.4. The Kier molecular flexibility index (Phi) is 5.62. The average Bonchev–Trinajstić information content (AvgIpc) is 2.93. The molecular formula is C23H38INO3. The third-order valence-electron chi connectivity index (χ3n) is 10.2. The molecule has 4 fully saturated rings. The van der Waals surface area contributed by atoms with Crippen molar-refractivity contribution >= 4 is 25.2 Å². The van der Waals surface area contributed by atoms with Crippen molar-refractivity contribution in [2.24, 2.45) is 39.7 Å². The summed E-state index contributed by atoms with van der Waals surface area (Å²) in [4.78, 5) is 11.2. The molecule has 4 aliphatic carbocycles. The lowest BCUT2D eigenvalue weighted by Crippen LogP contribution is -2.59.